The summed E-state index contributed by atoms with van der Waals surface area (Å²) in [6.45, 7) is 4.63. The van der Waals surface area contributed by atoms with Crippen LogP contribution in [0, 0.1) is 5.92 Å². The first-order valence-electron chi connectivity index (χ1n) is 8.44. The summed E-state index contributed by atoms with van der Waals surface area (Å²) in [5, 5.41) is 2.66. The molecule has 0 aromatic heterocycles. The molecule has 0 unspecified atom stereocenters. The summed E-state index contributed by atoms with van der Waals surface area (Å²) in [7, 11) is 0. The molecule has 0 spiro atoms. The van der Waals surface area contributed by atoms with Crippen LogP contribution in [0.25, 0.3) is 0 Å². The zero-order valence-corrected chi connectivity index (χ0v) is 14.6. The van der Waals surface area contributed by atoms with Crippen molar-refractivity contribution in [3.05, 3.63) is 24.3 Å². The van der Waals surface area contributed by atoms with E-state index in [4.69, 9.17) is 9.47 Å². The molecule has 1 aliphatic heterocycles. The Morgan fingerprint density at radius 3 is 2.36 bits per heavy atom. The van der Waals surface area contributed by atoms with Crippen molar-refractivity contribution in [3.8, 4) is 5.75 Å². The maximum Gasteiger partial charge on any atom is 0.309 e. The molecule has 1 N–H and O–H groups in total. The van der Waals surface area contributed by atoms with Gasteiger partial charge in [-0.1, -0.05) is 0 Å². The number of amides is 2. The number of anilines is 1. The zero-order chi connectivity index (χ0) is 18.2. The molecule has 0 aliphatic carbocycles. The smallest absolute Gasteiger partial charge is 0.309 e. The van der Waals surface area contributed by atoms with E-state index >= 15 is 0 Å². The number of carbonyl (C=O) groups excluding carboxylic acids is 3. The van der Waals surface area contributed by atoms with Crippen LogP contribution in [0.2, 0.25) is 0 Å². The van der Waals surface area contributed by atoms with Gasteiger partial charge in [0.25, 0.3) is 5.91 Å². The zero-order valence-electron chi connectivity index (χ0n) is 14.6. The molecule has 1 fully saturated rings. The number of piperidine rings is 1. The highest BCUT2D eigenvalue weighted by molar-refractivity contribution is 5.88. The number of benzene rings is 1. The minimum absolute atomic E-state index is 0.0520. The molecule has 0 radical (unpaired) electrons. The predicted octanol–water partition coefficient (Wildman–Crippen LogP) is 1.83. The van der Waals surface area contributed by atoms with E-state index in [-0.39, 0.29) is 30.3 Å². The van der Waals surface area contributed by atoms with E-state index in [1.165, 1.54) is 6.92 Å². The Balaban J connectivity index is 1.75. The van der Waals surface area contributed by atoms with Crippen molar-refractivity contribution in [1.29, 1.82) is 0 Å². The fourth-order valence-electron chi connectivity index (χ4n) is 2.70. The van der Waals surface area contributed by atoms with E-state index in [2.05, 4.69) is 5.32 Å². The first kappa shape index (κ1) is 18.8. The Hall–Kier alpha value is -2.57. The lowest BCUT2D eigenvalue weighted by Crippen LogP contribution is -2.42. The molecule has 0 bridgehead atoms. The van der Waals surface area contributed by atoms with E-state index < -0.39 is 0 Å². The third-order valence-corrected chi connectivity index (χ3v) is 4.00. The highest BCUT2D eigenvalue weighted by Gasteiger charge is 2.28. The van der Waals surface area contributed by atoms with Gasteiger partial charge in [-0.3, -0.25) is 14.4 Å². The van der Waals surface area contributed by atoms with Gasteiger partial charge in [-0.2, -0.15) is 0 Å². The summed E-state index contributed by atoms with van der Waals surface area (Å²) in [6.07, 6.45) is 1.24. The maximum absolute atomic E-state index is 12.2. The highest BCUT2D eigenvalue weighted by atomic mass is 16.5. The molecule has 7 heteroatoms. The molecule has 136 valence electrons. The molecule has 1 aromatic carbocycles. The SMILES string of the molecule is CCOC(=O)C1CCN(C(=O)COc2ccc(NC(C)=O)cc2)CC1. The lowest BCUT2D eigenvalue weighted by Gasteiger charge is -2.30. The summed E-state index contributed by atoms with van der Waals surface area (Å²) in [6, 6.07) is 6.83. The van der Waals surface area contributed by atoms with Gasteiger partial charge in [0.05, 0.1) is 12.5 Å². The molecule has 1 heterocycles. The van der Waals surface area contributed by atoms with Gasteiger partial charge in [0.15, 0.2) is 6.61 Å². The fourth-order valence-corrected chi connectivity index (χ4v) is 2.70. The Morgan fingerprint density at radius 2 is 1.80 bits per heavy atom. The Morgan fingerprint density at radius 1 is 1.16 bits per heavy atom. The first-order chi connectivity index (χ1) is 12.0. The third kappa shape index (κ3) is 5.77. The largest absolute Gasteiger partial charge is 0.484 e. The van der Waals surface area contributed by atoms with Gasteiger partial charge in [-0.05, 0) is 44.0 Å². The fraction of sp³-hybridized carbons (Fsp3) is 0.500. The lowest BCUT2D eigenvalue weighted by molar-refractivity contribution is -0.151. The van der Waals surface area contributed by atoms with Crippen LogP contribution in [0.15, 0.2) is 24.3 Å². The number of hydrogen-bond donors (Lipinski definition) is 1. The maximum atomic E-state index is 12.2. The normalized spacial score (nSPS) is 14.7. The number of likely N-dealkylation sites (tertiary alicyclic amines) is 1. The van der Waals surface area contributed by atoms with Crippen LogP contribution in [0.4, 0.5) is 5.69 Å². The van der Waals surface area contributed by atoms with Crippen LogP contribution < -0.4 is 10.1 Å². The van der Waals surface area contributed by atoms with Crippen LogP contribution in [-0.4, -0.2) is 49.0 Å². The second kappa shape index (κ2) is 9.05. The monoisotopic (exact) mass is 348 g/mol. The lowest BCUT2D eigenvalue weighted by atomic mass is 9.97. The average molecular weight is 348 g/mol. The Labute approximate surface area is 147 Å². The number of nitrogens with zero attached hydrogens (tertiary/aromatic N) is 1. The number of hydrogen-bond acceptors (Lipinski definition) is 5. The van der Waals surface area contributed by atoms with Gasteiger partial charge in [-0.15, -0.1) is 0 Å². The molecule has 2 amide bonds. The van der Waals surface area contributed by atoms with Crippen molar-refractivity contribution in [2.75, 3.05) is 31.6 Å². The minimum Gasteiger partial charge on any atom is -0.484 e. The summed E-state index contributed by atoms with van der Waals surface area (Å²) < 4.78 is 10.5. The van der Waals surface area contributed by atoms with E-state index in [9.17, 15) is 14.4 Å². The molecule has 2 rings (SSSR count). The van der Waals surface area contributed by atoms with Crippen molar-refractivity contribution < 1.29 is 23.9 Å². The van der Waals surface area contributed by atoms with Gasteiger partial charge in [0.1, 0.15) is 5.75 Å². The standard InChI is InChI=1S/C18H24N2O5/c1-3-24-18(23)14-8-10-20(11-9-14)17(22)12-25-16-6-4-15(5-7-16)19-13(2)21/h4-7,14H,3,8-12H2,1-2H3,(H,19,21). The number of carbonyl (C=O) groups is 3. The van der Waals surface area contributed by atoms with Crippen molar-refractivity contribution >= 4 is 23.5 Å². The number of esters is 1. The first-order valence-corrected chi connectivity index (χ1v) is 8.44. The number of nitrogens with one attached hydrogen (secondary N) is 1. The van der Waals surface area contributed by atoms with Gasteiger partial charge >= 0.3 is 5.97 Å². The molecule has 1 aromatic rings. The Bertz CT molecular complexity index is 606. The number of ether oxygens (including phenoxy) is 2. The second-order valence-electron chi connectivity index (χ2n) is 5.90. The molecule has 7 nitrogen and oxygen atoms in total. The third-order valence-electron chi connectivity index (χ3n) is 4.00. The Kier molecular flexibility index (Phi) is 6.80. The van der Waals surface area contributed by atoms with Crippen LogP contribution in [-0.2, 0) is 19.1 Å². The van der Waals surface area contributed by atoms with E-state index in [1.807, 2.05) is 0 Å². The molecular weight excluding hydrogens is 324 g/mol. The highest BCUT2D eigenvalue weighted by Crippen LogP contribution is 2.19. The van der Waals surface area contributed by atoms with E-state index in [0.29, 0.717) is 44.0 Å². The number of rotatable bonds is 6. The minimum atomic E-state index is -0.176. The van der Waals surface area contributed by atoms with Gasteiger partial charge in [0.2, 0.25) is 5.91 Å². The predicted molar refractivity (Wildman–Crippen MR) is 92.2 cm³/mol. The molecule has 1 saturated heterocycles. The molecule has 25 heavy (non-hydrogen) atoms. The van der Waals surface area contributed by atoms with Crippen molar-refractivity contribution in [1.82, 2.24) is 4.90 Å². The average Bonchev–Trinajstić information content (AvgIpc) is 2.61. The van der Waals surface area contributed by atoms with Crippen molar-refractivity contribution in [2.45, 2.75) is 26.7 Å². The van der Waals surface area contributed by atoms with E-state index in [0.717, 1.165) is 0 Å². The van der Waals surface area contributed by atoms with Crippen molar-refractivity contribution in [3.63, 3.8) is 0 Å². The van der Waals surface area contributed by atoms with Gasteiger partial charge in [-0.25, -0.2) is 0 Å². The molecule has 0 atom stereocenters. The van der Waals surface area contributed by atoms with Crippen LogP contribution in [0.3, 0.4) is 0 Å². The van der Waals surface area contributed by atoms with Crippen LogP contribution in [0.1, 0.15) is 26.7 Å². The summed E-state index contributed by atoms with van der Waals surface area (Å²) in [5.74, 6) is 0.0172. The van der Waals surface area contributed by atoms with Crippen molar-refractivity contribution in [2.24, 2.45) is 5.92 Å². The topological polar surface area (TPSA) is 84.9 Å². The van der Waals surface area contributed by atoms with Crippen LogP contribution in [0.5, 0.6) is 5.75 Å². The second-order valence-corrected chi connectivity index (χ2v) is 5.90. The summed E-state index contributed by atoms with van der Waals surface area (Å²) in [4.78, 5) is 36.6. The summed E-state index contributed by atoms with van der Waals surface area (Å²) in [5.41, 5.74) is 0.673. The molecule has 1 aliphatic rings. The molecule has 0 saturated carbocycles. The van der Waals surface area contributed by atoms with Gasteiger partial charge < -0.3 is 19.7 Å². The molecular formula is C18H24N2O5. The quantitative estimate of drug-likeness (QED) is 0.793. The van der Waals surface area contributed by atoms with Gasteiger partial charge in [0, 0.05) is 25.7 Å². The van der Waals surface area contributed by atoms with E-state index in [1.54, 1.807) is 36.1 Å². The van der Waals surface area contributed by atoms with Crippen LogP contribution >= 0.6 is 0 Å². The summed E-state index contributed by atoms with van der Waals surface area (Å²) >= 11 is 0.